The third kappa shape index (κ3) is 2.84. The minimum atomic E-state index is -0.439. The number of aromatic amines is 1. The van der Waals surface area contributed by atoms with Gasteiger partial charge in [-0.05, 0) is 23.3 Å². The number of para-hydroxylation sites is 1. The Morgan fingerprint density at radius 3 is 2.88 bits per heavy atom. The summed E-state index contributed by atoms with van der Waals surface area (Å²) in [7, 11) is 1.33. The van der Waals surface area contributed by atoms with Crippen LogP contribution < -0.4 is 0 Å². The van der Waals surface area contributed by atoms with Crippen molar-refractivity contribution in [3.8, 4) is 5.88 Å². The van der Waals surface area contributed by atoms with Crippen molar-refractivity contribution in [3.63, 3.8) is 0 Å². The molecule has 0 saturated heterocycles. The molecule has 26 heavy (non-hydrogen) atoms. The molecular formula is C20H18N2O4. The second-order valence-corrected chi connectivity index (χ2v) is 6.11. The molecule has 0 unspecified atom stereocenters. The van der Waals surface area contributed by atoms with E-state index in [1.54, 1.807) is 0 Å². The molecule has 1 aromatic heterocycles. The summed E-state index contributed by atoms with van der Waals surface area (Å²) in [5, 5.41) is 11.3. The molecule has 2 N–H and O–H groups in total. The van der Waals surface area contributed by atoms with E-state index in [0.29, 0.717) is 24.5 Å². The third-order valence-electron chi connectivity index (χ3n) is 4.51. The number of nitrogens with one attached hydrogen (secondary N) is 1. The van der Waals surface area contributed by atoms with E-state index in [9.17, 15) is 9.90 Å². The van der Waals surface area contributed by atoms with Gasteiger partial charge in [0.05, 0.1) is 31.6 Å². The van der Waals surface area contributed by atoms with Crippen LogP contribution in [0.3, 0.4) is 0 Å². The Hall–Kier alpha value is -3.12. The van der Waals surface area contributed by atoms with Gasteiger partial charge in [0.15, 0.2) is 5.88 Å². The number of fused-ring (bicyclic) bond motifs is 2. The minimum absolute atomic E-state index is 0.0200. The molecule has 2 aromatic carbocycles. The van der Waals surface area contributed by atoms with Crippen molar-refractivity contribution in [1.29, 1.82) is 0 Å². The molecule has 0 spiro atoms. The van der Waals surface area contributed by atoms with Gasteiger partial charge in [-0.1, -0.05) is 30.3 Å². The van der Waals surface area contributed by atoms with Crippen LogP contribution >= 0.6 is 0 Å². The Bertz CT molecular complexity index is 1020. The number of benzene rings is 2. The van der Waals surface area contributed by atoms with Crippen LogP contribution in [0.15, 0.2) is 47.5 Å². The third-order valence-corrected chi connectivity index (χ3v) is 4.51. The number of carbonyl (C=O) groups is 1. The summed E-state index contributed by atoms with van der Waals surface area (Å²) in [4.78, 5) is 19.1. The van der Waals surface area contributed by atoms with Gasteiger partial charge in [-0.15, -0.1) is 0 Å². The summed E-state index contributed by atoms with van der Waals surface area (Å²) >= 11 is 0. The monoisotopic (exact) mass is 350 g/mol. The van der Waals surface area contributed by atoms with Crippen molar-refractivity contribution < 1.29 is 19.4 Å². The second-order valence-electron chi connectivity index (χ2n) is 6.11. The molecular weight excluding hydrogens is 332 g/mol. The lowest BCUT2D eigenvalue weighted by atomic mass is 9.97. The first-order valence-corrected chi connectivity index (χ1v) is 8.28. The van der Waals surface area contributed by atoms with Crippen molar-refractivity contribution in [2.45, 2.75) is 13.2 Å². The fourth-order valence-corrected chi connectivity index (χ4v) is 3.21. The molecule has 2 heterocycles. The van der Waals surface area contributed by atoms with Gasteiger partial charge in [-0.25, -0.2) is 0 Å². The van der Waals surface area contributed by atoms with Gasteiger partial charge in [0.25, 0.3) is 0 Å². The number of H-pyrrole nitrogens is 1. The quantitative estimate of drug-likeness (QED) is 0.560. The largest absolute Gasteiger partial charge is 0.494 e. The number of esters is 1. The van der Waals surface area contributed by atoms with Gasteiger partial charge in [0, 0.05) is 16.5 Å². The molecule has 0 radical (unpaired) electrons. The van der Waals surface area contributed by atoms with Gasteiger partial charge in [-0.3, -0.25) is 9.79 Å². The lowest BCUT2D eigenvalue weighted by Crippen LogP contribution is -2.10. The predicted octanol–water partition coefficient (Wildman–Crippen LogP) is 2.91. The van der Waals surface area contributed by atoms with Gasteiger partial charge >= 0.3 is 5.97 Å². The Balaban J connectivity index is 1.88. The molecule has 0 saturated carbocycles. The number of carbonyl (C=O) groups excluding carboxylic acids is 1. The first-order valence-electron chi connectivity index (χ1n) is 8.28. The SMILES string of the molecule is COC(=O)CN=C(c1ccc2c(c1)COC2)c1c(O)[nH]c2ccccc12. The molecule has 1 aliphatic rings. The minimum Gasteiger partial charge on any atom is -0.494 e. The van der Waals surface area contributed by atoms with Crippen molar-refractivity contribution in [2.75, 3.05) is 13.7 Å². The van der Waals surface area contributed by atoms with Crippen LogP contribution in [0.4, 0.5) is 0 Å². The molecule has 0 bridgehead atoms. The Labute approximate surface area is 150 Å². The van der Waals surface area contributed by atoms with Crippen molar-refractivity contribution in [2.24, 2.45) is 4.99 Å². The number of ether oxygens (including phenoxy) is 2. The molecule has 0 aliphatic carbocycles. The molecule has 6 heteroatoms. The van der Waals surface area contributed by atoms with E-state index < -0.39 is 5.97 Å². The van der Waals surface area contributed by atoms with Crippen molar-refractivity contribution in [3.05, 3.63) is 64.7 Å². The lowest BCUT2D eigenvalue weighted by molar-refractivity contribution is -0.138. The fraction of sp³-hybridized carbons (Fsp3) is 0.200. The smallest absolute Gasteiger partial charge is 0.327 e. The Morgan fingerprint density at radius 1 is 1.23 bits per heavy atom. The van der Waals surface area contributed by atoms with Crippen LogP contribution in [0.5, 0.6) is 5.88 Å². The summed E-state index contributed by atoms with van der Waals surface area (Å²) in [6.45, 7) is 1.02. The van der Waals surface area contributed by atoms with E-state index in [2.05, 4.69) is 9.98 Å². The van der Waals surface area contributed by atoms with Gasteiger partial charge in [0.1, 0.15) is 6.54 Å². The molecule has 1 aliphatic heterocycles. The highest BCUT2D eigenvalue weighted by atomic mass is 16.5. The summed E-state index contributed by atoms with van der Waals surface area (Å²) in [5.41, 5.74) is 4.97. The first kappa shape index (κ1) is 16.4. The van der Waals surface area contributed by atoms with E-state index in [1.165, 1.54) is 7.11 Å². The van der Waals surface area contributed by atoms with Gasteiger partial charge in [0.2, 0.25) is 0 Å². The molecule has 0 amide bonds. The van der Waals surface area contributed by atoms with Crippen molar-refractivity contribution >= 4 is 22.6 Å². The normalized spacial score (nSPS) is 13.8. The Kier molecular flexibility index (Phi) is 4.18. The number of aromatic nitrogens is 1. The summed E-state index contributed by atoms with van der Waals surface area (Å²) in [5.74, 6) is -0.419. The zero-order chi connectivity index (χ0) is 18.1. The maximum atomic E-state index is 11.6. The van der Waals surface area contributed by atoms with Crippen molar-refractivity contribution in [1.82, 2.24) is 4.98 Å². The van der Waals surface area contributed by atoms with Crippen LogP contribution in [-0.4, -0.2) is 35.4 Å². The van der Waals surface area contributed by atoms with E-state index in [4.69, 9.17) is 9.47 Å². The van der Waals surface area contributed by atoms with Gasteiger partial charge < -0.3 is 19.6 Å². The number of nitrogens with zero attached hydrogens (tertiary/aromatic N) is 1. The van der Waals surface area contributed by atoms with E-state index >= 15 is 0 Å². The number of methoxy groups -OCH3 is 1. The number of hydrogen-bond acceptors (Lipinski definition) is 5. The molecule has 132 valence electrons. The lowest BCUT2D eigenvalue weighted by Gasteiger charge is -2.09. The molecule has 4 rings (SSSR count). The number of aliphatic imine (C=N–C) groups is 1. The Morgan fingerprint density at radius 2 is 2.04 bits per heavy atom. The van der Waals surface area contributed by atoms with Crippen LogP contribution in [0.2, 0.25) is 0 Å². The van der Waals surface area contributed by atoms with Crippen LogP contribution in [-0.2, 0) is 27.5 Å². The van der Waals surface area contributed by atoms with E-state index in [0.717, 1.165) is 27.6 Å². The molecule has 0 atom stereocenters. The standard InChI is InChI=1S/C20H18N2O4/c1-25-17(23)9-21-19(12-6-7-13-10-26-11-14(13)8-12)18-15-4-2-3-5-16(15)22-20(18)24/h2-8,22,24H,9-11H2,1H3. The summed E-state index contributed by atoms with van der Waals surface area (Å²) < 4.78 is 10.2. The second kappa shape index (κ2) is 6.65. The fourth-order valence-electron chi connectivity index (χ4n) is 3.21. The molecule has 3 aromatic rings. The molecule has 0 fully saturated rings. The number of rotatable bonds is 4. The summed E-state index contributed by atoms with van der Waals surface area (Å²) in [6, 6.07) is 13.5. The maximum absolute atomic E-state index is 11.6. The summed E-state index contributed by atoms with van der Waals surface area (Å²) in [6.07, 6.45) is 0. The number of aromatic hydroxyl groups is 1. The highest BCUT2D eigenvalue weighted by Gasteiger charge is 2.20. The number of hydrogen-bond donors (Lipinski definition) is 2. The highest BCUT2D eigenvalue weighted by molar-refractivity contribution is 6.21. The molecule has 6 nitrogen and oxygen atoms in total. The zero-order valence-electron chi connectivity index (χ0n) is 14.3. The first-order chi connectivity index (χ1) is 12.7. The van der Waals surface area contributed by atoms with Crippen LogP contribution in [0, 0.1) is 0 Å². The van der Waals surface area contributed by atoms with Crippen LogP contribution in [0.1, 0.15) is 22.3 Å². The van der Waals surface area contributed by atoms with E-state index in [-0.39, 0.29) is 12.4 Å². The average Bonchev–Trinajstić information content (AvgIpc) is 3.25. The van der Waals surface area contributed by atoms with E-state index in [1.807, 2.05) is 42.5 Å². The zero-order valence-corrected chi connectivity index (χ0v) is 14.3. The predicted molar refractivity (Wildman–Crippen MR) is 97.4 cm³/mol. The maximum Gasteiger partial charge on any atom is 0.327 e. The average molecular weight is 350 g/mol. The van der Waals surface area contributed by atoms with Crippen LogP contribution in [0.25, 0.3) is 10.9 Å². The van der Waals surface area contributed by atoms with Gasteiger partial charge in [-0.2, -0.15) is 0 Å². The topological polar surface area (TPSA) is 83.9 Å². The highest BCUT2D eigenvalue weighted by Crippen LogP contribution is 2.31.